The lowest BCUT2D eigenvalue weighted by Gasteiger charge is -2.29. The van der Waals surface area contributed by atoms with Crippen molar-refractivity contribution < 1.29 is 8.42 Å². The van der Waals surface area contributed by atoms with Crippen LogP contribution in [0.2, 0.25) is 0 Å². The molecule has 0 N–H and O–H groups in total. The quantitative estimate of drug-likeness (QED) is 0.695. The van der Waals surface area contributed by atoms with Crippen molar-refractivity contribution in [1.29, 1.82) is 0 Å². The molecular weight excluding hydrogens is 212 g/mol. The van der Waals surface area contributed by atoms with Crippen molar-refractivity contribution in [2.24, 2.45) is 5.92 Å². The molecule has 1 aliphatic carbocycles. The molecule has 0 aromatic rings. The summed E-state index contributed by atoms with van der Waals surface area (Å²) in [6.07, 6.45) is 2.33. The van der Waals surface area contributed by atoms with Gasteiger partial charge in [0.15, 0.2) is 0 Å². The minimum absolute atomic E-state index is 0.135. The van der Waals surface area contributed by atoms with Gasteiger partial charge < -0.3 is 0 Å². The highest BCUT2D eigenvalue weighted by Gasteiger charge is 2.37. The fraction of sp³-hybridized carbons (Fsp3) is 1.00. The maximum absolute atomic E-state index is 12.1. The smallest absolute Gasteiger partial charge is 0.195 e. The summed E-state index contributed by atoms with van der Waals surface area (Å²) in [6.45, 7) is 6.83. The highest BCUT2D eigenvalue weighted by molar-refractivity contribution is 7.86. The van der Waals surface area contributed by atoms with E-state index in [2.05, 4.69) is 0 Å². The number of hydrogen-bond acceptors (Lipinski definition) is 2. The van der Waals surface area contributed by atoms with Crippen molar-refractivity contribution >= 4 is 10.2 Å². The third kappa shape index (κ3) is 2.71. The summed E-state index contributed by atoms with van der Waals surface area (Å²) in [5.41, 5.74) is 0. The molecule has 0 radical (unpaired) electrons. The van der Waals surface area contributed by atoms with Crippen LogP contribution in [0.4, 0.5) is 0 Å². The molecule has 1 aliphatic rings. The molecule has 1 atom stereocenters. The van der Waals surface area contributed by atoms with Gasteiger partial charge in [0.25, 0.3) is 10.2 Å². The first-order valence-corrected chi connectivity index (χ1v) is 7.07. The van der Waals surface area contributed by atoms with Gasteiger partial charge in [0, 0.05) is 26.2 Å². The van der Waals surface area contributed by atoms with Crippen LogP contribution in [0, 0.1) is 5.92 Å². The van der Waals surface area contributed by atoms with E-state index < -0.39 is 10.2 Å². The zero-order valence-corrected chi connectivity index (χ0v) is 10.9. The van der Waals surface area contributed by atoms with Crippen LogP contribution in [0.5, 0.6) is 0 Å². The van der Waals surface area contributed by atoms with Crippen LogP contribution in [0.3, 0.4) is 0 Å². The second-order valence-electron chi connectivity index (χ2n) is 4.19. The first-order chi connectivity index (χ1) is 6.95. The van der Waals surface area contributed by atoms with E-state index in [1.807, 2.05) is 20.8 Å². The molecule has 0 amide bonds. The fourth-order valence-electron chi connectivity index (χ4n) is 1.82. The molecule has 1 saturated carbocycles. The molecule has 0 unspecified atom stereocenters. The van der Waals surface area contributed by atoms with Gasteiger partial charge >= 0.3 is 0 Å². The highest BCUT2D eigenvalue weighted by atomic mass is 32.2. The normalized spacial score (nSPS) is 19.9. The third-order valence-corrected chi connectivity index (χ3v) is 5.50. The Kier molecular flexibility index (Phi) is 4.14. The first kappa shape index (κ1) is 12.9. The van der Waals surface area contributed by atoms with E-state index in [-0.39, 0.29) is 6.04 Å². The van der Waals surface area contributed by atoms with E-state index in [1.54, 1.807) is 7.05 Å². The van der Waals surface area contributed by atoms with E-state index in [4.69, 9.17) is 0 Å². The van der Waals surface area contributed by atoms with E-state index in [0.29, 0.717) is 19.0 Å². The molecule has 0 bridgehead atoms. The fourth-order valence-corrected chi connectivity index (χ4v) is 3.43. The van der Waals surface area contributed by atoms with Gasteiger partial charge in [-0.3, -0.25) is 0 Å². The van der Waals surface area contributed by atoms with Gasteiger partial charge in [0.05, 0.1) is 0 Å². The molecule has 0 spiro atoms. The van der Waals surface area contributed by atoms with E-state index >= 15 is 0 Å². The highest BCUT2D eigenvalue weighted by Crippen LogP contribution is 2.35. The van der Waals surface area contributed by atoms with Crippen molar-refractivity contribution in [1.82, 2.24) is 8.61 Å². The molecule has 90 valence electrons. The maximum atomic E-state index is 12.1. The van der Waals surface area contributed by atoms with Crippen LogP contribution in [-0.2, 0) is 10.2 Å². The molecule has 1 rings (SSSR count). The second-order valence-corrected chi connectivity index (χ2v) is 6.17. The summed E-state index contributed by atoms with van der Waals surface area (Å²) in [5.74, 6) is 0.570. The van der Waals surface area contributed by atoms with Crippen LogP contribution in [0.1, 0.15) is 33.6 Å². The standard InChI is InChI=1S/C10H22N2O2S/c1-5-12(6-2)15(13,14)11(4)9(3)10-7-8-10/h9-10H,5-8H2,1-4H3/t9-/m1/s1. The number of nitrogens with zero attached hydrogens (tertiary/aromatic N) is 2. The Morgan fingerprint density at radius 2 is 1.73 bits per heavy atom. The number of hydrogen-bond donors (Lipinski definition) is 0. The van der Waals surface area contributed by atoms with Crippen LogP contribution in [0.15, 0.2) is 0 Å². The Balaban J connectivity index is 2.74. The minimum atomic E-state index is -3.24. The average Bonchev–Trinajstić information content (AvgIpc) is 3.00. The van der Waals surface area contributed by atoms with Crippen molar-refractivity contribution in [2.75, 3.05) is 20.1 Å². The van der Waals surface area contributed by atoms with Crippen LogP contribution in [-0.4, -0.2) is 43.2 Å². The maximum Gasteiger partial charge on any atom is 0.281 e. The lowest BCUT2D eigenvalue weighted by atomic mass is 10.2. The van der Waals surface area contributed by atoms with Crippen molar-refractivity contribution in [3.8, 4) is 0 Å². The Hall–Kier alpha value is -0.130. The Bertz CT molecular complexity index is 295. The SMILES string of the molecule is CCN(CC)S(=O)(=O)N(C)[C@H](C)C1CC1. The molecule has 1 fully saturated rings. The minimum Gasteiger partial charge on any atom is -0.195 e. The number of rotatable bonds is 6. The van der Waals surface area contributed by atoms with Gasteiger partial charge in [0.1, 0.15) is 0 Å². The molecule has 5 heteroatoms. The molecule has 0 saturated heterocycles. The van der Waals surface area contributed by atoms with E-state index in [1.165, 1.54) is 21.5 Å². The molecule has 4 nitrogen and oxygen atoms in total. The summed E-state index contributed by atoms with van der Waals surface area (Å²) >= 11 is 0. The second kappa shape index (κ2) is 4.80. The summed E-state index contributed by atoms with van der Waals surface area (Å²) < 4.78 is 27.3. The molecule has 0 aromatic heterocycles. The van der Waals surface area contributed by atoms with E-state index in [9.17, 15) is 8.42 Å². The Labute approximate surface area is 93.4 Å². The third-order valence-electron chi connectivity index (χ3n) is 3.27. The zero-order chi connectivity index (χ0) is 11.6. The molecule has 0 heterocycles. The first-order valence-electron chi connectivity index (χ1n) is 5.68. The monoisotopic (exact) mass is 234 g/mol. The summed E-state index contributed by atoms with van der Waals surface area (Å²) in [4.78, 5) is 0. The van der Waals surface area contributed by atoms with Gasteiger partial charge in [0.2, 0.25) is 0 Å². The molecule has 15 heavy (non-hydrogen) atoms. The van der Waals surface area contributed by atoms with Gasteiger partial charge in [-0.1, -0.05) is 13.8 Å². The van der Waals surface area contributed by atoms with Gasteiger partial charge in [-0.25, -0.2) is 0 Å². The van der Waals surface area contributed by atoms with Crippen molar-refractivity contribution in [2.45, 2.75) is 39.7 Å². The van der Waals surface area contributed by atoms with Crippen molar-refractivity contribution in [3.63, 3.8) is 0 Å². The topological polar surface area (TPSA) is 40.6 Å². The largest absolute Gasteiger partial charge is 0.281 e. The lowest BCUT2D eigenvalue weighted by Crippen LogP contribution is -2.46. The van der Waals surface area contributed by atoms with Gasteiger partial charge in [-0.15, -0.1) is 0 Å². The average molecular weight is 234 g/mol. The molecular formula is C10H22N2O2S. The predicted octanol–water partition coefficient (Wildman–Crippen LogP) is 1.30. The molecule has 0 aromatic carbocycles. The summed E-state index contributed by atoms with van der Waals surface area (Å²) in [7, 11) is -1.55. The van der Waals surface area contributed by atoms with Crippen LogP contribution >= 0.6 is 0 Å². The van der Waals surface area contributed by atoms with Crippen molar-refractivity contribution in [3.05, 3.63) is 0 Å². The zero-order valence-electron chi connectivity index (χ0n) is 10.1. The predicted molar refractivity (Wildman–Crippen MR) is 61.8 cm³/mol. The van der Waals surface area contributed by atoms with Crippen LogP contribution < -0.4 is 0 Å². The van der Waals surface area contributed by atoms with Gasteiger partial charge in [-0.05, 0) is 25.7 Å². The van der Waals surface area contributed by atoms with E-state index in [0.717, 1.165) is 0 Å². The Morgan fingerprint density at radius 1 is 1.27 bits per heavy atom. The summed E-state index contributed by atoms with van der Waals surface area (Å²) in [6, 6.07) is 0.135. The van der Waals surface area contributed by atoms with Crippen LogP contribution in [0.25, 0.3) is 0 Å². The summed E-state index contributed by atoms with van der Waals surface area (Å²) in [5, 5.41) is 0. The lowest BCUT2D eigenvalue weighted by molar-refractivity contribution is 0.316. The Morgan fingerprint density at radius 3 is 2.07 bits per heavy atom. The molecule has 0 aliphatic heterocycles. The van der Waals surface area contributed by atoms with Gasteiger partial charge in [-0.2, -0.15) is 17.0 Å².